The van der Waals surface area contributed by atoms with Crippen molar-refractivity contribution in [3.8, 4) is 0 Å². The minimum atomic E-state index is -4.53. The Morgan fingerprint density at radius 1 is 1.32 bits per heavy atom. The van der Waals surface area contributed by atoms with Gasteiger partial charge >= 0.3 is 6.18 Å². The van der Waals surface area contributed by atoms with E-state index in [1.165, 1.54) is 18.2 Å². The molecule has 7 heteroatoms. The summed E-state index contributed by atoms with van der Waals surface area (Å²) in [7, 11) is 0. The van der Waals surface area contributed by atoms with E-state index in [1.54, 1.807) is 4.90 Å². The van der Waals surface area contributed by atoms with E-state index in [2.05, 4.69) is 15.9 Å². The quantitative estimate of drug-likeness (QED) is 0.496. The number of Topliss-reactive ketones (excluding diaryl/α,β-unsaturated/α-hetero) is 1. The highest BCUT2D eigenvalue weighted by Crippen LogP contribution is 2.35. The summed E-state index contributed by atoms with van der Waals surface area (Å²) in [5.74, 6) is -0.188. The van der Waals surface area contributed by atoms with Gasteiger partial charge in [0, 0.05) is 13.1 Å². The molecule has 0 fully saturated rings. The van der Waals surface area contributed by atoms with E-state index in [-0.39, 0.29) is 21.7 Å². The third-order valence-corrected chi connectivity index (χ3v) is 3.95. The summed E-state index contributed by atoms with van der Waals surface area (Å²) in [6, 6.07) is 3.60. The van der Waals surface area contributed by atoms with Crippen LogP contribution < -0.4 is 0 Å². The molecule has 1 aromatic rings. The number of ketones is 1. The van der Waals surface area contributed by atoms with Gasteiger partial charge in [0.1, 0.15) is 0 Å². The van der Waals surface area contributed by atoms with Gasteiger partial charge in [-0.25, -0.2) is 0 Å². The van der Waals surface area contributed by atoms with E-state index in [0.717, 1.165) is 6.07 Å². The Morgan fingerprint density at radius 3 is 2.36 bits per heavy atom. The highest BCUT2D eigenvalue weighted by atomic mass is 79.9. The number of carbonyl (C=O) groups excluding carboxylic acids is 1. The van der Waals surface area contributed by atoms with E-state index < -0.39 is 11.7 Å². The van der Waals surface area contributed by atoms with Crippen LogP contribution in [-0.4, -0.2) is 29.1 Å². The van der Waals surface area contributed by atoms with Gasteiger partial charge in [-0.1, -0.05) is 33.6 Å². The third-order valence-electron chi connectivity index (χ3n) is 3.11. The van der Waals surface area contributed by atoms with E-state index >= 15 is 0 Å². The van der Waals surface area contributed by atoms with Gasteiger partial charge in [0.15, 0.2) is 5.78 Å². The normalized spacial score (nSPS) is 12.4. The van der Waals surface area contributed by atoms with Gasteiger partial charge in [-0.2, -0.15) is 13.2 Å². The molecule has 0 saturated heterocycles. The molecule has 0 aromatic heterocycles. The number of hydrogen-bond donors (Lipinski definition) is 0. The number of likely N-dealkylation sites (N-methyl/N-ethyl adjacent to an activating group) is 1. The molecule has 0 radical (unpaired) electrons. The van der Waals surface area contributed by atoms with Gasteiger partial charge in [0.2, 0.25) is 0 Å². The Hall–Kier alpha value is -1.01. The lowest BCUT2D eigenvalue weighted by Gasteiger charge is -2.23. The molecule has 2 nitrogen and oxygen atoms in total. The minimum absolute atomic E-state index is 0.106. The molecule has 0 saturated carbocycles. The van der Waals surface area contributed by atoms with Crippen LogP contribution >= 0.6 is 27.5 Å². The molecule has 0 aliphatic carbocycles. The molecule has 0 spiro atoms. The van der Waals surface area contributed by atoms with Gasteiger partial charge in [0.25, 0.3) is 0 Å². The summed E-state index contributed by atoms with van der Waals surface area (Å²) in [6.07, 6.45) is -3.07. The van der Waals surface area contributed by atoms with E-state index in [0.29, 0.717) is 18.8 Å². The van der Waals surface area contributed by atoms with Crippen molar-refractivity contribution in [2.24, 2.45) is 0 Å². The van der Waals surface area contributed by atoms with Crippen LogP contribution in [0.5, 0.6) is 0 Å². The zero-order chi connectivity index (χ0) is 16.9. The number of hydrogen-bond acceptors (Lipinski definition) is 2. The largest absolute Gasteiger partial charge is 0.417 e. The van der Waals surface area contributed by atoms with Crippen molar-refractivity contribution in [1.82, 2.24) is 4.90 Å². The second kappa shape index (κ2) is 8.02. The third kappa shape index (κ3) is 4.74. The molecular formula is C15H16BrClF3NO. The van der Waals surface area contributed by atoms with Crippen LogP contribution in [0.15, 0.2) is 23.9 Å². The lowest BCUT2D eigenvalue weighted by Crippen LogP contribution is -2.27. The zero-order valence-corrected chi connectivity index (χ0v) is 14.5. The molecule has 0 aliphatic heterocycles. The number of alkyl halides is 4. The summed E-state index contributed by atoms with van der Waals surface area (Å²) in [5, 5.41) is -0.254. The van der Waals surface area contributed by atoms with Gasteiger partial charge < -0.3 is 4.90 Å². The first kappa shape index (κ1) is 19.0. The topological polar surface area (TPSA) is 20.3 Å². The van der Waals surface area contributed by atoms with Crippen molar-refractivity contribution in [2.75, 3.05) is 18.4 Å². The molecule has 0 bridgehead atoms. The zero-order valence-electron chi connectivity index (χ0n) is 12.2. The van der Waals surface area contributed by atoms with Crippen molar-refractivity contribution in [3.63, 3.8) is 0 Å². The lowest BCUT2D eigenvalue weighted by molar-refractivity contribution is -0.137. The first-order valence-electron chi connectivity index (χ1n) is 6.67. The highest BCUT2D eigenvalue weighted by molar-refractivity contribution is 9.09. The fourth-order valence-corrected chi connectivity index (χ4v) is 2.50. The Bertz CT molecular complexity index is 568. The first-order valence-corrected chi connectivity index (χ1v) is 8.17. The molecule has 122 valence electrons. The van der Waals surface area contributed by atoms with Crippen LogP contribution in [0.3, 0.4) is 0 Å². The fraction of sp³-hybridized carbons (Fsp3) is 0.400. The summed E-state index contributed by atoms with van der Waals surface area (Å²) >= 11 is 8.69. The monoisotopic (exact) mass is 397 g/mol. The number of carbonyl (C=O) groups is 1. The molecule has 1 aromatic carbocycles. The number of allylic oxidation sites excluding steroid dienone is 1. The summed E-state index contributed by atoms with van der Waals surface area (Å²) in [6.45, 7) is 4.92. The molecule has 0 heterocycles. The van der Waals surface area contributed by atoms with Gasteiger partial charge in [-0.05, 0) is 37.6 Å². The number of benzene rings is 1. The van der Waals surface area contributed by atoms with Crippen LogP contribution in [0.2, 0.25) is 5.02 Å². The minimum Gasteiger partial charge on any atom is -0.369 e. The predicted molar refractivity (Wildman–Crippen MR) is 86.2 cm³/mol. The average molecular weight is 399 g/mol. The van der Waals surface area contributed by atoms with Gasteiger partial charge in [-0.15, -0.1) is 0 Å². The fourth-order valence-electron chi connectivity index (χ4n) is 1.99. The Morgan fingerprint density at radius 2 is 1.91 bits per heavy atom. The van der Waals surface area contributed by atoms with E-state index in [1.807, 2.05) is 13.8 Å². The first-order chi connectivity index (χ1) is 10.2. The molecule has 1 rings (SSSR count). The van der Waals surface area contributed by atoms with Crippen LogP contribution in [-0.2, 0) is 11.0 Å². The van der Waals surface area contributed by atoms with Gasteiger partial charge in [0.05, 0.1) is 21.6 Å². The van der Waals surface area contributed by atoms with Crippen LogP contribution in [0.25, 0.3) is 6.08 Å². The second-order valence-corrected chi connectivity index (χ2v) is 5.46. The molecule has 22 heavy (non-hydrogen) atoms. The van der Waals surface area contributed by atoms with Crippen LogP contribution in [0.4, 0.5) is 13.2 Å². The smallest absolute Gasteiger partial charge is 0.369 e. The van der Waals surface area contributed by atoms with Gasteiger partial charge in [-0.3, -0.25) is 4.79 Å². The second-order valence-electron chi connectivity index (χ2n) is 4.50. The lowest BCUT2D eigenvalue weighted by atomic mass is 10.1. The van der Waals surface area contributed by atoms with Crippen molar-refractivity contribution in [3.05, 3.63) is 40.0 Å². The maximum Gasteiger partial charge on any atom is 0.417 e. The van der Waals surface area contributed by atoms with Crippen molar-refractivity contribution in [2.45, 2.75) is 20.0 Å². The van der Waals surface area contributed by atoms with Crippen LogP contribution in [0, 0.1) is 0 Å². The molecule has 0 amide bonds. The summed E-state index contributed by atoms with van der Waals surface area (Å²) in [4.78, 5) is 13.8. The van der Waals surface area contributed by atoms with E-state index in [4.69, 9.17) is 11.6 Å². The number of rotatable bonds is 6. The maximum atomic E-state index is 12.9. The van der Waals surface area contributed by atoms with Crippen molar-refractivity contribution in [1.29, 1.82) is 0 Å². The van der Waals surface area contributed by atoms with Crippen LogP contribution in [0.1, 0.15) is 25.0 Å². The predicted octanol–water partition coefficient (Wildman–Crippen LogP) is 5.01. The highest BCUT2D eigenvalue weighted by Gasteiger charge is 2.33. The molecule has 0 atom stereocenters. The van der Waals surface area contributed by atoms with Crippen molar-refractivity contribution >= 4 is 39.4 Å². The van der Waals surface area contributed by atoms with Crippen molar-refractivity contribution < 1.29 is 18.0 Å². The Labute approximate surface area is 141 Å². The molecular weight excluding hydrogens is 383 g/mol. The SMILES string of the molecule is CCN(CC)C(=Cc1ccc(Cl)c(C(F)(F)F)c1)C(=O)CBr. The maximum absolute atomic E-state index is 12.9. The standard InChI is InChI=1S/C15H16BrClF3NO/c1-3-21(4-2)13(14(22)9-16)8-10-5-6-12(17)11(7-10)15(18,19)20/h5-8H,3-4,9H2,1-2H3. The molecule has 0 unspecified atom stereocenters. The summed E-state index contributed by atoms with van der Waals surface area (Å²) < 4.78 is 38.7. The van der Waals surface area contributed by atoms with E-state index in [9.17, 15) is 18.0 Å². The average Bonchev–Trinajstić information content (AvgIpc) is 2.47. The summed E-state index contributed by atoms with van der Waals surface area (Å²) in [5.41, 5.74) is -0.252. The Balaban J connectivity index is 3.35. The molecule has 0 aliphatic rings. The number of nitrogens with zero attached hydrogens (tertiary/aromatic N) is 1. The number of halogens is 5. The molecule has 0 N–H and O–H groups in total. The Kier molecular flexibility index (Phi) is 6.94.